The van der Waals surface area contributed by atoms with E-state index in [1.165, 1.54) is 0 Å². The van der Waals surface area contributed by atoms with Gasteiger partial charge in [-0.05, 0) is 19.9 Å². The van der Waals surface area contributed by atoms with Crippen LogP contribution in [-0.2, 0) is 17.3 Å². The summed E-state index contributed by atoms with van der Waals surface area (Å²) in [7, 11) is -0.909. The minimum absolute atomic E-state index is 0.00375. The Hall–Kier alpha value is -0.650. The van der Waals surface area contributed by atoms with E-state index in [2.05, 4.69) is 9.97 Å². The van der Waals surface area contributed by atoms with Gasteiger partial charge >= 0.3 is 0 Å². The van der Waals surface area contributed by atoms with Crippen LogP contribution in [-0.4, -0.2) is 30.2 Å². The number of rotatable bonds is 4. The minimum atomic E-state index is -0.909. The zero-order valence-corrected chi connectivity index (χ0v) is 13.3. The van der Waals surface area contributed by atoms with Gasteiger partial charge in [-0.15, -0.1) is 11.6 Å². The Morgan fingerprint density at radius 3 is 2.74 bits per heavy atom. The number of nitrogens with zero attached hydrogens (tertiary/aromatic N) is 3. The highest BCUT2D eigenvalue weighted by Gasteiger charge is 2.19. The topological polar surface area (TPSA) is 47.8 Å². The van der Waals surface area contributed by atoms with Gasteiger partial charge in [0.15, 0.2) is 5.65 Å². The molecule has 0 N–H and O–H groups in total. The summed E-state index contributed by atoms with van der Waals surface area (Å²) in [6, 6.07) is 1.76. The van der Waals surface area contributed by atoms with Gasteiger partial charge in [-0.2, -0.15) is 0 Å². The van der Waals surface area contributed by atoms with Crippen molar-refractivity contribution in [3.05, 3.63) is 23.1 Å². The Morgan fingerprint density at radius 2 is 2.16 bits per heavy atom. The minimum Gasteiger partial charge on any atom is -0.310 e. The van der Waals surface area contributed by atoms with Crippen LogP contribution in [0, 0.1) is 0 Å². The number of hydrogen-bond acceptors (Lipinski definition) is 3. The monoisotopic (exact) mass is 319 g/mol. The fourth-order valence-electron chi connectivity index (χ4n) is 1.85. The van der Waals surface area contributed by atoms with Crippen molar-refractivity contribution in [1.82, 2.24) is 14.5 Å². The van der Waals surface area contributed by atoms with Gasteiger partial charge in [-0.25, -0.2) is 9.97 Å². The van der Waals surface area contributed by atoms with Crippen LogP contribution in [0.5, 0.6) is 0 Å². The number of alkyl halides is 1. The van der Waals surface area contributed by atoms with E-state index in [9.17, 15) is 4.21 Å². The fraction of sp³-hybridized carbons (Fsp3) is 0.500. The molecule has 0 saturated heterocycles. The van der Waals surface area contributed by atoms with Crippen molar-refractivity contribution in [2.45, 2.75) is 31.0 Å². The molecule has 19 heavy (non-hydrogen) atoms. The molecule has 3 unspecified atom stereocenters. The lowest BCUT2D eigenvalue weighted by atomic mass is 10.4. The molecule has 3 atom stereocenters. The Balaban J connectivity index is 2.55. The first kappa shape index (κ1) is 14.8. The highest BCUT2D eigenvalue weighted by atomic mass is 35.5. The molecule has 2 aromatic rings. The number of hydrogen-bond donors (Lipinski definition) is 0. The molecule has 0 bridgehead atoms. The third-order valence-corrected chi connectivity index (χ3v) is 4.63. The Morgan fingerprint density at radius 1 is 1.47 bits per heavy atom. The number of imidazole rings is 1. The Labute approximate surface area is 124 Å². The Bertz CT molecular complexity index is 627. The largest absolute Gasteiger partial charge is 0.310 e. The molecule has 0 saturated carbocycles. The fourth-order valence-corrected chi connectivity index (χ4v) is 2.53. The molecule has 0 aliphatic carbocycles. The average Bonchev–Trinajstić information content (AvgIpc) is 2.67. The van der Waals surface area contributed by atoms with E-state index < -0.39 is 10.8 Å². The van der Waals surface area contributed by atoms with E-state index in [0.29, 0.717) is 17.1 Å². The van der Waals surface area contributed by atoms with Crippen molar-refractivity contribution in [1.29, 1.82) is 0 Å². The highest BCUT2D eigenvalue weighted by Crippen LogP contribution is 2.25. The third-order valence-electron chi connectivity index (χ3n) is 2.94. The molecule has 0 radical (unpaired) electrons. The van der Waals surface area contributed by atoms with E-state index in [0.717, 1.165) is 11.5 Å². The predicted molar refractivity (Wildman–Crippen MR) is 80.3 cm³/mol. The maximum Gasteiger partial charge on any atom is 0.160 e. The maximum atomic E-state index is 11.5. The second kappa shape index (κ2) is 5.77. The van der Waals surface area contributed by atoms with Crippen molar-refractivity contribution in [3.63, 3.8) is 0 Å². The molecule has 0 fully saturated rings. The molecule has 2 rings (SSSR count). The van der Waals surface area contributed by atoms with Gasteiger partial charge in [0.2, 0.25) is 0 Å². The van der Waals surface area contributed by atoms with Crippen molar-refractivity contribution in [2.75, 3.05) is 6.26 Å². The van der Waals surface area contributed by atoms with Crippen molar-refractivity contribution in [3.8, 4) is 0 Å². The van der Waals surface area contributed by atoms with Gasteiger partial charge in [-0.1, -0.05) is 11.6 Å². The second-order valence-electron chi connectivity index (χ2n) is 4.50. The quantitative estimate of drug-likeness (QED) is 0.813. The van der Waals surface area contributed by atoms with Gasteiger partial charge < -0.3 is 4.57 Å². The van der Waals surface area contributed by atoms with E-state index in [1.54, 1.807) is 18.5 Å². The lowest BCUT2D eigenvalue weighted by Gasteiger charge is -2.13. The van der Waals surface area contributed by atoms with Crippen LogP contribution < -0.4 is 0 Å². The Kier molecular flexibility index (Phi) is 4.48. The number of pyridine rings is 1. The van der Waals surface area contributed by atoms with Crippen LogP contribution in [0.25, 0.3) is 11.2 Å². The maximum absolute atomic E-state index is 11.5. The van der Waals surface area contributed by atoms with Gasteiger partial charge in [0.05, 0.1) is 10.4 Å². The molecule has 4 nitrogen and oxygen atoms in total. The van der Waals surface area contributed by atoms with Crippen molar-refractivity contribution in [2.24, 2.45) is 0 Å². The zero-order chi connectivity index (χ0) is 14.2. The SMILES string of the molecule is CC(Cl)c1nc2cc(Cl)cnc2n1CC(C)S(C)=O. The van der Waals surface area contributed by atoms with Gasteiger partial charge in [0.25, 0.3) is 0 Å². The van der Waals surface area contributed by atoms with Gasteiger partial charge in [0, 0.05) is 35.0 Å². The molecular formula is C12H15Cl2N3OS. The lowest BCUT2D eigenvalue weighted by Crippen LogP contribution is -2.19. The average molecular weight is 320 g/mol. The molecule has 0 aromatic carbocycles. The van der Waals surface area contributed by atoms with Crippen LogP contribution in [0.4, 0.5) is 0 Å². The third kappa shape index (κ3) is 3.09. The number of fused-ring (bicyclic) bond motifs is 1. The summed E-state index contributed by atoms with van der Waals surface area (Å²) in [5.41, 5.74) is 1.44. The zero-order valence-electron chi connectivity index (χ0n) is 10.9. The molecule has 0 amide bonds. The summed E-state index contributed by atoms with van der Waals surface area (Å²) in [4.78, 5) is 8.78. The molecular weight excluding hydrogens is 305 g/mol. The predicted octanol–water partition coefficient (Wildman–Crippen LogP) is 3.15. The number of aromatic nitrogens is 3. The van der Waals surface area contributed by atoms with Crippen LogP contribution >= 0.6 is 23.2 Å². The molecule has 2 heterocycles. The van der Waals surface area contributed by atoms with Crippen LogP contribution in [0.2, 0.25) is 5.02 Å². The van der Waals surface area contributed by atoms with Gasteiger partial charge in [0.1, 0.15) is 11.3 Å². The summed E-state index contributed by atoms with van der Waals surface area (Å²) in [5.74, 6) is 0.726. The smallest absolute Gasteiger partial charge is 0.160 e. The van der Waals surface area contributed by atoms with Gasteiger partial charge in [-0.3, -0.25) is 4.21 Å². The molecule has 0 spiro atoms. The first-order valence-corrected chi connectivity index (χ1v) is 8.31. The summed E-state index contributed by atoms with van der Waals surface area (Å²) >= 11 is 12.1. The van der Waals surface area contributed by atoms with E-state index in [-0.39, 0.29) is 10.6 Å². The molecule has 104 valence electrons. The standard InChI is InChI=1S/C12H15Cl2N3OS/c1-7(19(3)18)6-17-11(8(2)13)16-10-4-9(14)5-15-12(10)17/h4-5,7-8H,6H2,1-3H3. The van der Waals surface area contributed by atoms with Crippen LogP contribution in [0.1, 0.15) is 25.0 Å². The van der Waals surface area contributed by atoms with Crippen molar-refractivity contribution >= 4 is 45.2 Å². The lowest BCUT2D eigenvalue weighted by molar-refractivity contribution is 0.630. The summed E-state index contributed by atoms with van der Waals surface area (Å²) in [5, 5.41) is 0.299. The van der Waals surface area contributed by atoms with Crippen LogP contribution in [0.15, 0.2) is 12.3 Å². The van der Waals surface area contributed by atoms with E-state index in [4.69, 9.17) is 23.2 Å². The summed E-state index contributed by atoms with van der Waals surface area (Å²) < 4.78 is 13.5. The van der Waals surface area contributed by atoms with Crippen LogP contribution in [0.3, 0.4) is 0 Å². The van der Waals surface area contributed by atoms with E-state index in [1.807, 2.05) is 18.4 Å². The molecule has 0 aliphatic rings. The molecule has 7 heteroatoms. The second-order valence-corrected chi connectivity index (χ2v) is 7.40. The number of halogens is 2. The van der Waals surface area contributed by atoms with E-state index >= 15 is 0 Å². The summed E-state index contributed by atoms with van der Waals surface area (Å²) in [6.07, 6.45) is 3.27. The van der Waals surface area contributed by atoms with Crippen molar-refractivity contribution < 1.29 is 4.21 Å². The normalized spacial score (nSPS) is 16.5. The first-order valence-electron chi connectivity index (χ1n) is 5.88. The summed E-state index contributed by atoms with van der Waals surface area (Å²) in [6.45, 7) is 4.36. The molecule has 0 aliphatic heterocycles. The highest BCUT2D eigenvalue weighted by molar-refractivity contribution is 7.84. The molecule has 2 aromatic heterocycles. The first-order chi connectivity index (χ1) is 8.90.